The molecule has 1 aliphatic heterocycles. The lowest BCUT2D eigenvalue weighted by Crippen LogP contribution is -2.60. The SMILES string of the molecule is Cc1ccc(S(=O)(=O)N/N=C2\C[C@H]3C(C)(C)CCC[C@]3(C)[C@H]3CCO[C@]23C)cc1. The van der Waals surface area contributed by atoms with Gasteiger partial charge >= 0.3 is 0 Å². The summed E-state index contributed by atoms with van der Waals surface area (Å²) >= 11 is 0. The second kappa shape index (κ2) is 6.81. The minimum atomic E-state index is -3.70. The molecule has 1 saturated heterocycles. The molecule has 4 atom stereocenters. The van der Waals surface area contributed by atoms with Gasteiger partial charge in [0.05, 0.1) is 10.6 Å². The van der Waals surface area contributed by atoms with Crippen molar-refractivity contribution in [2.45, 2.75) is 77.2 Å². The number of hydrazone groups is 1. The largest absolute Gasteiger partial charge is 0.369 e. The van der Waals surface area contributed by atoms with Gasteiger partial charge in [0.15, 0.2) is 0 Å². The van der Waals surface area contributed by atoms with Crippen molar-refractivity contribution in [3.8, 4) is 0 Å². The molecule has 1 aromatic carbocycles. The molecule has 1 heterocycles. The Morgan fingerprint density at radius 3 is 2.45 bits per heavy atom. The molecule has 0 bridgehead atoms. The molecular weight excluding hydrogens is 384 g/mol. The Hall–Kier alpha value is -1.40. The van der Waals surface area contributed by atoms with Crippen LogP contribution in [-0.4, -0.2) is 26.3 Å². The smallest absolute Gasteiger partial charge is 0.276 e. The Morgan fingerprint density at radius 2 is 1.76 bits per heavy atom. The number of hydrogen-bond acceptors (Lipinski definition) is 4. The quantitative estimate of drug-likeness (QED) is 0.726. The Morgan fingerprint density at radius 1 is 1.07 bits per heavy atom. The van der Waals surface area contributed by atoms with Gasteiger partial charge in [0.2, 0.25) is 0 Å². The third kappa shape index (κ3) is 3.32. The van der Waals surface area contributed by atoms with Gasteiger partial charge in [-0.1, -0.05) is 44.9 Å². The van der Waals surface area contributed by atoms with Crippen LogP contribution in [0.2, 0.25) is 0 Å². The van der Waals surface area contributed by atoms with Gasteiger partial charge in [-0.05, 0) is 68.4 Å². The van der Waals surface area contributed by atoms with Crippen molar-refractivity contribution in [3.63, 3.8) is 0 Å². The number of benzene rings is 1. The van der Waals surface area contributed by atoms with Crippen LogP contribution in [0, 0.1) is 29.6 Å². The molecule has 29 heavy (non-hydrogen) atoms. The lowest BCUT2D eigenvalue weighted by Gasteiger charge is -2.60. The summed E-state index contributed by atoms with van der Waals surface area (Å²) in [6.07, 6.45) is 5.47. The summed E-state index contributed by atoms with van der Waals surface area (Å²) in [6, 6.07) is 6.85. The molecule has 4 rings (SSSR count). The predicted octanol–water partition coefficient (Wildman–Crippen LogP) is 4.66. The number of ether oxygens (including phenoxy) is 1. The maximum Gasteiger partial charge on any atom is 0.276 e. The number of nitrogens with one attached hydrogen (secondary N) is 1. The van der Waals surface area contributed by atoms with E-state index in [4.69, 9.17) is 4.74 Å². The number of hydrogen-bond donors (Lipinski definition) is 1. The van der Waals surface area contributed by atoms with Crippen LogP contribution in [0.25, 0.3) is 0 Å². The van der Waals surface area contributed by atoms with Gasteiger partial charge in [-0.2, -0.15) is 13.5 Å². The van der Waals surface area contributed by atoms with Crippen LogP contribution in [0.1, 0.15) is 65.4 Å². The van der Waals surface area contributed by atoms with Crippen molar-refractivity contribution in [1.82, 2.24) is 4.83 Å². The normalized spacial score (nSPS) is 37.8. The highest BCUT2D eigenvalue weighted by Crippen LogP contribution is 2.64. The maximum absolute atomic E-state index is 12.8. The summed E-state index contributed by atoms with van der Waals surface area (Å²) in [5.41, 5.74) is 1.81. The molecule has 160 valence electrons. The van der Waals surface area contributed by atoms with Crippen LogP contribution in [-0.2, 0) is 14.8 Å². The Kier molecular flexibility index (Phi) is 4.90. The number of rotatable bonds is 3. The van der Waals surface area contributed by atoms with E-state index in [1.165, 1.54) is 19.3 Å². The van der Waals surface area contributed by atoms with Crippen LogP contribution < -0.4 is 4.83 Å². The highest BCUT2D eigenvalue weighted by molar-refractivity contribution is 7.89. The van der Waals surface area contributed by atoms with Gasteiger partial charge < -0.3 is 4.74 Å². The summed E-state index contributed by atoms with van der Waals surface area (Å²) < 4.78 is 31.9. The van der Waals surface area contributed by atoms with E-state index in [0.29, 0.717) is 18.4 Å². The Bertz CT molecular complexity index is 918. The molecule has 2 saturated carbocycles. The molecule has 0 unspecified atom stereocenters. The fourth-order valence-electron chi connectivity index (χ4n) is 6.54. The molecule has 6 heteroatoms. The van der Waals surface area contributed by atoms with Gasteiger partial charge in [-0.25, -0.2) is 4.83 Å². The number of aryl methyl sites for hydroxylation is 1. The number of sulfonamides is 1. The second-order valence-electron chi connectivity index (χ2n) is 10.4. The first kappa shape index (κ1) is 20.9. The Labute approximate surface area is 175 Å². The van der Waals surface area contributed by atoms with Crippen molar-refractivity contribution in [2.75, 3.05) is 6.61 Å². The molecule has 5 nitrogen and oxygen atoms in total. The fourth-order valence-corrected chi connectivity index (χ4v) is 7.37. The van der Waals surface area contributed by atoms with E-state index in [1.54, 1.807) is 24.3 Å². The van der Waals surface area contributed by atoms with Gasteiger partial charge in [0.1, 0.15) is 5.60 Å². The first-order valence-electron chi connectivity index (χ1n) is 10.8. The van der Waals surface area contributed by atoms with Crippen LogP contribution in [0.5, 0.6) is 0 Å². The molecule has 0 spiro atoms. The summed E-state index contributed by atoms with van der Waals surface area (Å²) in [5, 5.41) is 4.51. The van der Waals surface area contributed by atoms with Gasteiger partial charge in [-0.15, -0.1) is 0 Å². The summed E-state index contributed by atoms with van der Waals surface area (Å²) in [7, 11) is -3.70. The average molecular weight is 419 g/mol. The first-order chi connectivity index (χ1) is 13.5. The molecule has 0 radical (unpaired) electrons. The molecule has 3 aliphatic rings. The molecule has 3 fully saturated rings. The lowest BCUT2D eigenvalue weighted by atomic mass is 9.45. The van der Waals surface area contributed by atoms with E-state index in [2.05, 4.69) is 37.6 Å². The molecule has 2 aliphatic carbocycles. The summed E-state index contributed by atoms with van der Waals surface area (Å²) in [5.74, 6) is 0.849. The van der Waals surface area contributed by atoms with Crippen LogP contribution in [0.15, 0.2) is 34.3 Å². The number of nitrogens with zero attached hydrogens (tertiary/aromatic N) is 1. The minimum absolute atomic E-state index is 0.210. The highest BCUT2D eigenvalue weighted by Gasteiger charge is 2.63. The third-order valence-corrected chi connectivity index (χ3v) is 9.37. The lowest BCUT2D eigenvalue weighted by molar-refractivity contribution is -0.0941. The predicted molar refractivity (Wildman–Crippen MR) is 115 cm³/mol. The molecule has 0 amide bonds. The van der Waals surface area contributed by atoms with E-state index in [9.17, 15) is 8.42 Å². The van der Waals surface area contributed by atoms with Crippen molar-refractivity contribution >= 4 is 15.7 Å². The van der Waals surface area contributed by atoms with Crippen molar-refractivity contribution in [3.05, 3.63) is 29.8 Å². The Balaban J connectivity index is 1.68. The average Bonchev–Trinajstić information content (AvgIpc) is 3.04. The minimum Gasteiger partial charge on any atom is -0.369 e. The topological polar surface area (TPSA) is 67.8 Å². The molecule has 1 N–H and O–H groups in total. The first-order valence-corrected chi connectivity index (χ1v) is 12.3. The maximum atomic E-state index is 12.8. The van der Waals surface area contributed by atoms with Crippen molar-refractivity contribution in [2.24, 2.45) is 27.8 Å². The van der Waals surface area contributed by atoms with Gasteiger partial charge in [0.25, 0.3) is 10.0 Å². The van der Waals surface area contributed by atoms with E-state index in [1.807, 2.05) is 6.92 Å². The summed E-state index contributed by atoms with van der Waals surface area (Å²) in [4.78, 5) is 2.75. The molecule has 1 aromatic rings. The van der Waals surface area contributed by atoms with Crippen LogP contribution >= 0.6 is 0 Å². The zero-order chi connectivity index (χ0) is 21.1. The number of fused-ring (bicyclic) bond motifs is 3. The van der Waals surface area contributed by atoms with Gasteiger partial charge in [0, 0.05) is 12.5 Å². The fraction of sp³-hybridized carbons (Fsp3) is 0.696. The molecular formula is C23H34N2O3S. The van der Waals surface area contributed by atoms with Crippen LogP contribution in [0.3, 0.4) is 0 Å². The van der Waals surface area contributed by atoms with Crippen molar-refractivity contribution in [1.29, 1.82) is 0 Å². The van der Waals surface area contributed by atoms with E-state index in [-0.39, 0.29) is 15.7 Å². The highest BCUT2D eigenvalue weighted by atomic mass is 32.2. The van der Waals surface area contributed by atoms with E-state index < -0.39 is 15.6 Å². The van der Waals surface area contributed by atoms with E-state index in [0.717, 1.165) is 24.1 Å². The zero-order valence-corrected chi connectivity index (χ0v) is 19.1. The van der Waals surface area contributed by atoms with Gasteiger partial charge in [-0.3, -0.25) is 0 Å². The monoisotopic (exact) mass is 418 g/mol. The third-order valence-electron chi connectivity index (χ3n) is 8.15. The zero-order valence-electron chi connectivity index (χ0n) is 18.3. The van der Waals surface area contributed by atoms with Crippen LogP contribution in [0.4, 0.5) is 0 Å². The second-order valence-corrected chi connectivity index (χ2v) is 12.0. The molecule has 0 aromatic heterocycles. The summed E-state index contributed by atoms with van der Waals surface area (Å²) in [6.45, 7) is 11.9. The van der Waals surface area contributed by atoms with Crippen molar-refractivity contribution < 1.29 is 13.2 Å². The van der Waals surface area contributed by atoms with E-state index >= 15 is 0 Å². The standard InChI is InChI=1S/C23H34N2O3S/c1-16-7-9-17(10-8-16)29(26,27)25-24-20-15-19-21(2,3)12-6-13-22(19,4)18-11-14-28-23(18,20)5/h7-10,18-19,25H,6,11-15H2,1-5H3/b24-20+/t18-,19+,22-,23+/m1/s1.